The lowest BCUT2D eigenvalue weighted by Gasteiger charge is -2.34. The van der Waals surface area contributed by atoms with Gasteiger partial charge in [-0.1, -0.05) is 18.8 Å². The number of amides is 2. The van der Waals surface area contributed by atoms with Gasteiger partial charge in [-0.25, -0.2) is 4.79 Å². The molecule has 186 valence electrons. The average molecular weight is 489 g/mol. The summed E-state index contributed by atoms with van der Waals surface area (Å²) < 4.78 is 5.54. The minimum Gasteiger partial charge on any atom is -0.477 e. The monoisotopic (exact) mass is 488 g/mol. The Bertz CT molecular complexity index is 976. The summed E-state index contributed by atoms with van der Waals surface area (Å²) in [5, 5.41) is 9.91. The number of carboxylic acids is 1. The van der Waals surface area contributed by atoms with Gasteiger partial charge in [0, 0.05) is 24.4 Å². The van der Waals surface area contributed by atoms with E-state index in [9.17, 15) is 19.5 Å². The van der Waals surface area contributed by atoms with Crippen molar-refractivity contribution in [3.8, 4) is 11.8 Å². The fraction of sp³-hybridized carbons (Fsp3) is 0.654. The number of aromatic carboxylic acids is 1. The van der Waals surface area contributed by atoms with Gasteiger partial charge in [-0.2, -0.15) is 0 Å². The zero-order valence-corrected chi connectivity index (χ0v) is 21.7. The van der Waals surface area contributed by atoms with E-state index in [0.717, 1.165) is 37.0 Å². The number of ether oxygens (including phenoxy) is 1. The van der Waals surface area contributed by atoms with Crippen molar-refractivity contribution in [1.82, 2.24) is 4.90 Å². The highest BCUT2D eigenvalue weighted by molar-refractivity contribution is 7.15. The SMILES string of the molecule is CC1CCC(C(=O)N(CC(=O)N2CCOC(C)C2)c2cc(C#CC(C)(C)C)sc2C(=O)O)CC1. The zero-order chi connectivity index (χ0) is 25.0. The van der Waals surface area contributed by atoms with Crippen molar-refractivity contribution in [2.45, 2.75) is 66.4 Å². The normalized spacial score (nSPS) is 23.1. The summed E-state index contributed by atoms with van der Waals surface area (Å²) in [6.07, 6.45) is 3.34. The fourth-order valence-electron chi connectivity index (χ4n) is 4.34. The lowest BCUT2D eigenvalue weighted by molar-refractivity contribution is -0.138. The largest absolute Gasteiger partial charge is 0.477 e. The van der Waals surface area contributed by atoms with E-state index >= 15 is 0 Å². The van der Waals surface area contributed by atoms with Crippen LogP contribution >= 0.6 is 11.3 Å². The van der Waals surface area contributed by atoms with Crippen molar-refractivity contribution in [2.75, 3.05) is 31.1 Å². The van der Waals surface area contributed by atoms with Gasteiger partial charge in [-0.15, -0.1) is 11.3 Å². The predicted molar refractivity (Wildman–Crippen MR) is 133 cm³/mol. The number of hydrogen-bond acceptors (Lipinski definition) is 5. The van der Waals surface area contributed by atoms with Gasteiger partial charge >= 0.3 is 5.97 Å². The molecule has 1 N–H and O–H groups in total. The summed E-state index contributed by atoms with van der Waals surface area (Å²) in [5.41, 5.74) is 0.0270. The molecule has 1 unspecified atom stereocenters. The van der Waals surface area contributed by atoms with Crippen molar-refractivity contribution in [3.63, 3.8) is 0 Å². The highest BCUT2D eigenvalue weighted by Gasteiger charge is 2.34. The number of carbonyl (C=O) groups is 3. The van der Waals surface area contributed by atoms with E-state index in [1.54, 1.807) is 11.0 Å². The summed E-state index contributed by atoms with van der Waals surface area (Å²) in [5.74, 6) is 5.06. The summed E-state index contributed by atoms with van der Waals surface area (Å²) >= 11 is 1.05. The first-order valence-corrected chi connectivity index (χ1v) is 12.9. The summed E-state index contributed by atoms with van der Waals surface area (Å²) in [6.45, 7) is 11.2. The maximum absolute atomic E-state index is 13.7. The van der Waals surface area contributed by atoms with Crippen LogP contribution in [0.5, 0.6) is 0 Å². The van der Waals surface area contributed by atoms with E-state index in [1.165, 1.54) is 4.90 Å². The molecular weight excluding hydrogens is 452 g/mol. The second-order valence-electron chi connectivity index (χ2n) is 10.5. The standard InChI is InChI=1S/C26H36N2O5S/c1-17-6-8-19(9-7-17)24(30)28(16-22(29)27-12-13-33-18(2)15-27)21-14-20(10-11-26(3,4)5)34-23(21)25(31)32/h14,17-19H,6-9,12-13,15-16H2,1-5H3,(H,31,32). The Morgan fingerprint density at radius 2 is 1.88 bits per heavy atom. The number of carboxylic acid groups (broad SMARTS) is 1. The summed E-state index contributed by atoms with van der Waals surface area (Å²) in [4.78, 5) is 42.8. The Morgan fingerprint density at radius 1 is 1.21 bits per heavy atom. The molecule has 2 heterocycles. The Labute approximate surface area is 206 Å². The topological polar surface area (TPSA) is 87.2 Å². The Kier molecular flexibility index (Phi) is 8.43. The number of rotatable bonds is 5. The molecule has 1 atom stereocenters. The first kappa shape index (κ1) is 26.2. The Hall–Kier alpha value is -2.37. The molecule has 8 heteroatoms. The number of anilines is 1. The van der Waals surface area contributed by atoms with E-state index in [2.05, 4.69) is 18.8 Å². The van der Waals surface area contributed by atoms with Crippen LogP contribution in [0.15, 0.2) is 6.07 Å². The van der Waals surface area contributed by atoms with E-state index in [0.29, 0.717) is 30.5 Å². The van der Waals surface area contributed by atoms with Crippen LogP contribution in [0, 0.1) is 29.1 Å². The number of morpholine rings is 1. The van der Waals surface area contributed by atoms with E-state index in [4.69, 9.17) is 4.74 Å². The molecule has 3 rings (SSSR count). The molecule has 1 aromatic heterocycles. The molecule has 2 amide bonds. The molecule has 2 aliphatic rings. The lowest BCUT2D eigenvalue weighted by atomic mass is 9.82. The minimum absolute atomic E-state index is 0.0406. The van der Waals surface area contributed by atoms with Gasteiger partial charge in [0.25, 0.3) is 0 Å². The van der Waals surface area contributed by atoms with Gasteiger partial charge in [-0.3, -0.25) is 9.59 Å². The maximum Gasteiger partial charge on any atom is 0.348 e. The minimum atomic E-state index is -1.12. The van der Waals surface area contributed by atoms with Gasteiger partial charge < -0.3 is 19.6 Å². The fourth-order valence-corrected chi connectivity index (χ4v) is 5.19. The number of carbonyl (C=O) groups excluding carboxylic acids is 2. The van der Waals surface area contributed by atoms with Crippen LogP contribution in [-0.4, -0.2) is 60.1 Å². The van der Waals surface area contributed by atoms with Gasteiger partial charge in [0.2, 0.25) is 11.8 Å². The number of hydrogen-bond donors (Lipinski definition) is 1. The zero-order valence-electron chi connectivity index (χ0n) is 20.8. The van der Waals surface area contributed by atoms with Crippen LogP contribution in [0.2, 0.25) is 0 Å². The number of thiophene rings is 1. The molecule has 0 spiro atoms. The number of nitrogens with zero attached hydrogens (tertiary/aromatic N) is 2. The molecule has 2 fully saturated rings. The van der Waals surface area contributed by atoms with Crippen LogP contribution in [0.4, 0.5) is 5.69 Å². The van der Waals surface area contributed by atoms with Crippen molar-refractivity contribution >= 4 is 34.8 Å². The van der Waals surface area contributed by atoms with Crippen molar-refractivity contribution in [2.24, 2.45) is 17.3 Å². The third-order valence-electron chi connectivity index (χ3n) is 6.28. The summed E-state index contributed by atoms with van der Waals surface area (Å²) in [6, 6.07) is 1.66. The Balaban J connectivity index is 1.96. The van der Waals surface area contributed by atoms with Crippen LogP contribution < -0.4 is 4.90 Å². The molecule has 34 heavy (non-hydrogen) atoms. The Morgan fingerprint density at radius 3 is 2.47 bits per heavy atom. The third-order valence-corrected chi connectivity index (χ3v) is 7.30. The second kappa shape index (κ2) is 10.9. The molecule has 1 saturated carbocycles. The molecular formula is C26H36N2O5S. The van der Waals surface area contributed by atoms with Crippen LogP contribution in [0.25, 0.3) is 0 Å². The van der Waals surface area contributed by atoms with E-state index in [1.807, 2.05) is 27.7 Å². The maximum atomic E-state index is 13.7. The third kappa shape index (κ3) is 6.83. The van der Waals surface area contributed by atoms with Gasteiger partial charge in [0.15, 0.2) is 0 Å². The van der Waals surface area contributed by atoms with E-state index in [-0.39, 0.29) is 46.4 Å². The molecule has 1 aliphatic heterocycles. The van der Waals surface area contributed by atoms with Crippen molar-refractivity contribution < 1.29 is 24.2 Å². The van der Waals surface area contributed by atoms with Gasteiger partial charge in [0.05, 0.1) is 23.3 Å². The quantitative estimate of drug-likeness (QED) is 0.626. The van der Waals surface area contributed by atoms with Crippen LogP contribution in [-0.2, 0) is 14.3 Å². The molecule has 0 bridgehead atoms. The highest BCUT2D eigenvalue weighted by atomic mass is 32.1. The molecule has 7 nitrogen and oxygen atoms in total. The van der Waals surface area contributed by atoms with Crippen LogP contribution in [0.1, 0.15) is 74.9 Å². The van der Waals surface area contributed by atoms with Gasteiger partial charge in [0.1, 0.15) is 11.4 Å². The smallest absolute Gasteiger partial charge is 0.348 e. The summed E-state index contributed by atoms with van der Waals surface area (Å²) in [7, 11) is 0. The lowest BCUT2D eigenvalue weighted by Crippen LogP contribution is -2.50. The molecule has 0 radical (unpaired) electrons. The molecule has 1 aliphatic carbocycles. The molecule has 1 aromatic rings. The molecule has 1 saturated heterocycles. The van der Waals surface area contributed by atoms with Gasteiger partial charge in [-0.05, 0) is 65.4 Å². The molecule has 0 aromatic carbocycles. The predicted octanol–water partition coefficient (Wildman–Crippen LogP) is 4.25. The van der Waals surface area contributed by atoms with E-state index < -0.39 is 5.97 Å². The first-order valence-electron chi connectivity index (χ1n) is 12.1. The van der Waals surface area contributed by atoms with Crippen molar-refractivity contribution in [3.05, 3.63) is 15.8 Å². The first-order chi connectivity index (χ1) is 15.9. The highest BCUT2D eigenvalue weighted by Crippen LogP contribution is 2.35. The van der Waals surface area contributed by atoms with Crippen LogP contribution in [0.3, 0.4) is 0 Å². The average Bonchev–Trinajstić information content (AvgIpc) is 3.20. The van der Waals surface area contributed by atoms with Crippen molar-refractivity contribution in [1.29, 1.82) is 0 Å². The second-order valence-corrected chi connectivity index (χ2v) is 11.6.